The minimum absolute atomic E-state index is 0.122. The van der Waals surface area contributed by atoms with Crippen molar-refractivity contribution >= 4 is 21.7 Å². The lowest BCUT2D eigenvalue weighted by Gasteiger charge is -2.11. The van der Waals surface area contributed by atoms with Crippen LogP contribution in [0.3, 0.4) is 0 Å². The standard InChI is InChI=1S/C9H11BrN2O2/c1-5(13)8(11)7-3-6(10)4-12-9(7)14-2/h3-4,8H,11H2,1-2H3. The quantitative estimate of drug-likeness (QED) is 0.892. The maximum absolute atomic E-state index is 11.1. The molecular formula is C9H11BrN2O2. The van der Waals surface area contributed by atoms with Gasteiger partial charge in [-0.3, -0.25) is 4.79 Å². The van der Waals surface area contributed by atoms with Gasteiger partial charge in [0.25, 0.3) is 0 Å². The molecule has 1 heterocycles. The van der Waals surface area contributed by atoms with E-state index in [4.69, 9.17) is 10.5 Å². The second kappa shape index (κ2) is 4.52. The van der Waals surface area contributed by atoms with E-state index < -0.39 is 6.04 Å². The summed E-state index contributed by atoms with van der Waals surface area (Å²) in [5, 5.41) is 0. The number of rotatable bonds is 3. The number of nitrogens with two attached hydrogens (primary N) is 1. The summed E-state index contributed by atoms with van der Waals surface area (Å²) in [5.74, 6) is 0.263. The molecule has 14 heavy (non-hydrogen) atoms. The largest absolute Gasteiger partial charge is 0.481 e. The summed E-state index contributed by atoms with van der Waals surface area (Å²) in [4.78, 5) is 15.1. The zero-order valence-electron chi connectivity index (χ0n) is 7.95. The van der Waals surface area contributed by atoms with Gasteiger partial charge in [0.2, 0.25) is 5.88 Å². The molecule has 0 radical (unpaired) electrons. The van der Waals surface area contributed by atoms with E-state index in [0.717, 1.165) is 4.47 Å². The van der Waals surface area contributed by atoms with Gasteiger partial charge in [-0.25, -0.2) is 4.98 Å². The van der Waals surface area contributed by atoms with Crippen LogP contribution in [0, 0.1) is 0 Å². The summed E-state index contributed by atoms with van der Waals surface area (Å²) >= 11 is 3.26. The number of hydrogen-bond donors (Lipinski definition) is 1. The number of methoxy groups -OCH3 is 1. The van der Waals surface area contributed by atoms with E-state index in [1.54, 1.807) is 12.3 Å². The molecule has 1 atom stereocenters. The number of ketones is 1. The van der Waals surface area contributed by atoms with Crippen LogP contribution in [-0.2, 0) is 4.79 Å². The summed E-state index contributed by atoms with van der Waals surface area (Å²) in [6.07, 6.45) is 1.59. The lowest BCUT2D eigenvalue weighted by molar-refractivity contribution is -0.118. The molecule has 4 nitrogen and oxygen atoms in total. The summed E-state index contributed by atoms with van der Waals surface area (Å²) in [6.45, 7) is 1.44. The van der Waals surface area contributed by atoms with Gasteiger partial charge in [-0.05, 0) is 28.9 Å². The highest BCUT2D eigenvalue weighted by Crippen LogP contribution is 2.24. The first-order valence-electron chi connectivity index (χ1n) is 4.01. The first-order valence-corrected chi connectivity index (χ1v) is 4.81. The third-order valence-electron chi connectivity index (χ3n) is 1.81. The molecule has 2 N–H and O–H groups in total. The van der Waals surface area contributed by atoms with Gasteiger partial charge in [-0.1, -0.05) is 0 Å². The summed E-state index contributed by atoms with van der Waals surface area (Å²) in [6, 6.07) is 1.05. The molecule has 0 amide bonds. The lowest BCUT2D eigenvalue weighted by Crippen LogP contribution is -2.19. The van der Waals surface area contributed by atoms with Crippen molar-refractivity contribution < 1.29 is 9.53 Å². The summed E-state index contributed by atoms with van der Waals surface area (Å²) in [7, 11) is 1.49. The van der Waals surface area contributed by atoms with E-state index in [0.29, 0.717) is 11.4 Å². The topological polar surface area (TPSA) is 65.2 Å². The molecule has 0 aromatic carbocycles. The van der Waals surface area contributed by atoms with Gasteiger partial charge in [0.05, 0.1) is 13.2 Å². The van der Waals surface area contributed by atoms with Gasteiger partial charge in [0.15, 0.2) is 5.78 Å². The van der Waals surface area contributed by atoms with Crippen molar-refractivity contribution in [3.63, 3.8) is 0 Å². The monoisotopic (exact) mass is 258 g/mol. The Labute approximate surface area is 90.6 Å². The minimum atomic E-state index is -0.685. The average molecular weight is 259 g/mol. The molecule has 0 fully saturated rings. The predicted molar refractivity (Wildman–Crippen MR) is 56.1 cm³/mol. The van der Waals surface area contributed by atoms with Crippen LogP contribution in [0.25, 0.3) is 0 Å². The number of nitrogens with zero attached hydrogens (tertiary/aromatic N) is 1. The van der Waals surface area contributed by atoms with E-state index in [9.17, 15) is 4.79 Å². The van der Waals surface area contributed by atoms with Gasteiger partial charge in [0, 0.05) is 16.2 Å². The van der Waals surface area contributed by atoms with Crippen LogP contribution in [0.1, 0.15) is 18.5 Å². The van der Waals surface area contributed by atoms with Crippen molar-refractivity contribution in [2.75, 3.05) is 7.11 Å². The molecular weight excluding hydrogens is 248 g/mol. The van der Waals surface area contributed by atoms with Crippen LogP contribution in [0.5, 0.6) is 5.88 Å². The smallest absolute Gasteiger partial charge is 0.218 e. The van der Waals surface area contributed by atoms with Crippen molar-refractivity contribution in [1.82, 2.24) is 4.98 Å². The predicted octanol–water partition coefficient (Wildman–Crippen LogP) is 1.44. The normalized spacial score (nSPS) is 12.3. The average Bonchev–Trinajstić information content (AvgIpc) is 2.16. The Bertz CT molecular complexity index is 355. The number of carbonyl (C=O) groups is 1. The fourth-order valence-corrected chi connectivity index (χ4v) is 1.40. The number of Topliss-reactive ketones (excluding diaryl/α,β-unsaturated/α-hetero) is 1. The van der Waals surface area contributed by atoms with Gasteiger partial charge >= 0.3 is 0 Å². The number of pyridine rings is 1. The van der Waals surface area contributed by atoms with Crippen LogP contribution < -0.4 is 10.5 Å². The van der Waals surface area contributed by atoms with Crippen molar-refractivity contribution in [2.45, 2.75) is 13.0 Å². The Kier molecular flexibility index (Phi) is 3.60. The first kappa shape index (κ1) is 11.1. The van der Waals surface area contributed by atoms with Crippen LogP contribution in [0.15, 0.2) is 16.7 Å². The van der Waals surface area contributed by atoms with Crippen LogP contribution in [0.2, 0.25) is 0 Å². The number of carbonyl (C=O) groups excluding carboxylic acids is 1. The van der Waals surface area contributed by atoms with E-state index in [1.165, 1.54) is 14.0 Å². The summed E-state index contributed by atoms with van der Waals surface area (Å²) < 4.78 is 5.78. The molecule has 1 aromatic rings. The molecule has 1 aromatic heterocycles. The second-order valence-corrected chi connectivity index (χ2v) is 3.76. The Morgan fingerprint density at radius 3 is 2.86 bits per heavy atom. The van der Waals surface area contributed by atoms with Gasteiger partial charge in [0.1, 0.15) is 0 Å². The first-order chi connectivity index (χ1) is 6.56. The third kappa shape index (κ3) is 2.30. The Balaban J connectivity index is 3.16. The zero-order chi connectivity index (χ0) is 10.7. The fourth-order valence-electron chi connectivity index (χ4n) is 1.05. The van der Waals surface area contributed by atoms with E-state index in [1.807, 2.05) is 0 Å². The van der Waals surface area contributed by atoms with Gasteiger partial charge in [-0.2, -0.15) is 0 Å². The molecule has 1 rings (SSSR count). The Hall–Kier alpha value is -0.940. The van der Waals surface area contributed by atoms with Crippen molar-refractivity contribution in [3.8, 4) is 5.88 Å². The molecule has 0 saturated heterocycles. The maximum atomic E-state index is 11.1. The van der Waals surface area contributed by atoms with Crippen LogP contribution >= 0.6 is 15.9 Å². The molecule has 0 aliphatic rings. The van der Waals surface area contributed by atoms with E-state index in [2.05, 4.69) is 20.9 Å². The molecule has 1 unspecified atom stereocenters. The number of hydrogen-bond acceptors (Lipinski definition) is 4. The van der Waals surface area contributed by atoms with Gasteiger partial charge < -0.3 is 10.5 Å². The van der Waals surface area contributed by atoms with Crippen LogP contribution in [0.4, 0.5) is 0 Å². The van der Waals surface area contributed by atoms with Gasteiger partial charge in [-0.15, -0.1) is 0 Å². The molecule has 0 saturated carbocycles. The van der Waals surface area contributed by atoms with E-state index >= 15 is 0 Å². The highest BCUT2D eigenvalue weighted by Gasteiger charge is 2.17. The lowest BCUT2D eigenvalue weighted by atomic mass is 10.1. The minimum Gasteiger partial charge on any atom is -0.481 e. The molecule has 5 heteroatoms. The number of ether oxygens (including phenoxy) is 1. The molecule has 0 aliphatic carbocycles. The maximum Gasteiger partial charge on any atom is 0.218 e. The third-order valence-corrected chi connectivity index (χ3v) is 2.25. The molecule has 0 spiro atoms. The molecule has 76 valence electrons. The zero-order valence-corrected chi connectivity index (χ0v) is 9.54. The summed E-state index contributed by atoms with van der Waals surface area (Å²) in [5.41, 5.74) is 6.28. The molecule has 0 bridgehead atoms. The van der Waals surface area contributed by atoms with Crippen molar-refractivity contribution in [3.05, 3.63) is 22.3 Å². The van der Waals surface area contributed by atoms with Crippen LogP contribution in [-0.4, -0.2) is 17.9 Å². The Morgan fingerprint density at radius 2 is 2.36 bits per heavy atom. The Morgan fingerprint density at radius 1 is 1.71 bits per heavy atom. The highest BCUT2D eigenvalue weighted by atomic mass is 79.9. The number of halogens is 1. The van der Waals surface area contributed by atoms with E-state index in [-0.39, 0.29) is 5.78 Å². The second-order valence-electron chi connectivity index (χ2n) is 2.84. The number of aromatic nitrogens is 1. The fraction of sp³-hybridized carbons (Fsp3) is 0.333. The van der Waals surface area contributed by atoms with Crippen molar-refractivity contribution in [2.24, 2.45) is 5.73 Å². The SMILES string of the molecule is COc1ncc(Br)cc1C(N)C(C)=O. The molecule has 0 aliphatic heterocycles. The highest BCUT2D eigenvalue weighted by molar-refractivity contribution is 9.10. The van der Waals surface area contributed by atoms with Crippen molar-refractivity contribution in [1.29, 1.82) is 0 Å².